The third-order valence-corrected chi connectivity index (χ3v) is 7.06. The average Bonchev–Trinajstić information content (AvgIpc) is 3.23. The fourth-order valence-electron chi connectivity index (χ4n) is 3.31. The molecule has 6 nitrogen and oxygen atoms in total. The monoisotopic (exact) mass is 487 g/mol. The number of nitrogens with one attached hydrogen (secondary N) is 1. The zero-order valence-electron chi connectivity index (χ0n) is 17.3. The molecule has 164 valence electrons. The molecule has 0 atom stereocenters. The van der Waals surface area contributed by atoms with Gasteiger partial charge in [0.05, 0.1) is 16.6 Å². The summed E-state index contributed by atoms with van der Waals surface area (Å²) in [6, 6.07) is 12.8. The molecule has 4 aromatic rings. The van der Waals surface area contributed by atoms with Crippen LogP contribution in [0.4, 0.5) is 0 Å². The van der Waals surface area contributed by atoms with Crippen molar-refractivity contribution in [1.29, 1.82) is 0 Å². The lowest BCUT2D eigenvalue weighted by Gasteiger charge is -2.08. The highest BCUT2D eigenvalue weighted by Crippen LogP contribution is 2.23. The first kappa shape index (κ1) is 22.3. The molecule has 0 saturated heterocycles. The molecule has 1 N–H and O–H groups in total. The number of aromatic nitrogens is 2. The van der Waals surface area contributed by atoms with Crippen LogP contribution in [0.5, 0.6) is 0 Å². The largest absolute Gasteiger partial charge is 0.347 e. The van der Waals surface area contributed by atoms with E-state index in [1.54, 1.807) is 25.1 Å². The Hall–Kier alpha value is -2.87. The first-order chi connectivity index (χ1) is 15.2. The molecule has 0 bridgehead atoms. The Morgan fingerprint density at radius 2 is 1.69 bits per heavy atom. The van der Waals surface area contributed by atoms with Crippen LogP contribution >= 0.6 is 34.5 Å². The van der Waals surface area contributed by atoms with E-state index < -0.39 is 11.2 Å². The van der Waals surface area contributed by atoms with Crippen molar-refractivity contribution >= 4 is 45.3 Å². The molecule has 1 amide bonds. The third-order valence-electron chi connectivity index (χ3n) is 5.12. The Labute approximate surface area is 197 Å². The summed E-state index contributed by atoms with van der Waals surface area (Å²) >= 11 is 13.1. The Balaban J connectivity index is 1.65. The summed E-state index contributed by atoms with van der Waals surface area (Å²) in [4.78, 5) is 39.4. The van der Waals surface area contributed by atoms with Crippen molar-refractivity contribution in [2.75, 3.05) is 0 Å². The quantitative estimate of drug-likeness (QED) is 0.452. The van der Waals surface area contributed by atoms with Gasteiger partial charge in [-0.15, -0.1) is 11.3 Å². The molecule has 9 heteroatoms. The van der Waals surface area contributed by atoms with Crippen molar-refractivity contribution in [3.8, 4) is 0 Å². The number of carbonyl (C=O) groups excluding carboxylic acids is 1. The standard InChI is InChI=1S/C23H19Cl2N3O3S/c1-13-3-5-15(6-4-13)10-26-20(29)19-12-28-22(32-19)14(2)21(30)27(23(28)31)11-16-7-8-17(24)18(25)9-16/h3-9,12H,10-11H2,1-2H3,(H,26,29). The summed E-state index contributed by atoms with van der Waals surface area (Å²) in [5.74, 6) is -0.304. The first-order valence-corrected chi connectivity index (χ1v) is 11.3. The van der Waals surface area contributed by atoms with Crippen molar-refractivity contribution in [1.82, 2.24) is 14.3 Å². The van der Waals surface area contributed by atoms with Gasteiger partial charge in [0.15, 0.2) is 0 Å². The minimum Gasteiger partial charge on any atom is -0.347 e. The van der Waals surface area contributed by atoms with E-state index in [9.17, 15) is 14.4 Å². The molecule has 0 aliphatic rings. The van der Waals surface area contributed by atoms with Crippen LogP contribution in [-0.4, -0.2) is 14.9 Å². The summed E-state index contributed by atoms with van der Waals surface area (Å²) in [6.45, 7) is 4.05. The predicted octanol–water partition coefficient (Wildman–Crippen LogP) is 4.42. The van der Waals surface area contributed by atoms with Crippen LogP contribution in [-0.2, 0) is 13.1 Å². The Bertz CT molecular complexity index is 1450. The maximum Gasteiger partial charge on any atom is 0.336 e. The summed E-state index contributed by atoms with van der Waals surface area (Å²) in [7, 11) is 0. The number of carbonyl (C=O) groups is 1. The molecule has 0 spiro atoms. The molecular weight excluding hydrogens is 469 g/mol. The van der Waals surface area contributed by atoms with Gasteiger partial charge in [-0.1, -0.05) is 59.1 Å². The zero-order chi connectivity index (χ0) is 23.0. The van der Waals surface area contributed by atoms with Crippen molar-refractivity contribution in [3.05, 3.63) is 107 Å². The van der Waals surface area contributed by atoms with Gasteiger partial charge in [0.1, 0.15) is 9.71 Å². The minimum absolute atomic E-state index is 0.0448. The van der Waals surface area contributed by atoms with Gasteiger partial charge >= 0.3 is 5.69 Å². The number of nitrogens with zero attached hydrogens (tertiary/aromatic N) is 2. The number of halogens is 2. The van der Waals surface area contributed by atoms with Gasteiger partial charge in [-0.3, -0.25) is 18.6 Å². The fraction of sp³-hybridized carbons (Fsp3) is 0.174. The number of thiazole rings is 1. The summed E-state index contributed by atoms with van der Waals surface area (Å²) < 4.78 is 2.47. The lowest BCUT2D eigenvalue weighted by molar-refractivity contribution is 0.0954. The van der Waals surface area contributed by atoms with Crippen LogP contribution in [0.2, 0.25) is 10.0 Å². The molecule has 0 aliphatic heterocycles. The normalized spacial score (nSPS) is 11.1. The molecule has 2 aromatic carbocycles. The van der Waals surface area contributed by atoms with E-state index in [1.807, 2.05) is 31.2 Å². The molecule has 0 unspecified atom stereocenters. The van der Waals surface area contributed by atoms with Crippen LogP contribution in [0.15, 0.2) is 58.3 Å². The van der Waals surface area contributed by atoms with Crippen LogP contribution in [0.3, 0.4) is 0 Å². The van der Waals surface area contributed by atoms with Gasteiger partial charge in [-0.2, -0.15) is 0 Å². The predicted molar refractivity (Wildman–Crippen MR) is 128 cm³/mol. The first-order valence-electron chi connectivity index (χ1n) is 9.78. The van der Waals surface area contributed by atoms with E-state index in [1.165, 1.54) is 10.6 Å². The minimum atomic E-state index is -0.518. The highest BCUT2D eigenvalue weighted by molar-refractivity contribution is 7.19. The van der Waals surface area contributed by atoms with E-state index in [-0.39, 0.29) is 12.5 Å². The lowest BCUT2D eigenvalue weighted by atomic mass is 10.1. The highest BCUT2D eigenvalue weighted by Gasteiger charge is 2.18. The van der Waals surface area contributed by atoms with Crippen molar-refractivity contribution in [3.63, 3.8) is 0 Å². The summed E-state index contributed by atoms with van der Waals surface area (Å²) in [5.41, 5.74) is 2.25. The second-order valence-electron chi connectivity index (χ2n) is 7.49. The van der Waals surface area contributed by atoms with E-state index in [0.29, 0.717) is 37.4 Å². The number of amides is 1. The second kappa shape index (κ2) is 8.94. The molecule has 0 radical (unpaired) electrons. The molecular formula is C23H19Cl2N3O3S. The molecule has 0 saturated carbocycles. The van der Waals surface area contributed by atoms with Crippen molar-refractivity contribution in [2.24, 2.45) is 0 Å². The second-order valence-corrected chi connectivity index (χ2v) is 9.33. The van der Waals surface area contributed by atoms with Gasteiger partial charge in [0.25, 0.3) is 11.5 Å². The molecule has 2 aromatic heterocycles. The number of hydrogen-bond acceptors (Lipinski definition) is 4. The maximum atomic E-state index is 13.0. The van der Waals surface area contributed by atoms with Crippen LogP contribution in [0, 0.1) is 13.8 Å². The lowest BCUT2D eigenvalue weighted by Crippen LogP contribution is -2.38. The highest BCUT2D eigenvalue weighted by atomic mass is 35.5. The molecule has 0 aliphatic carbocycles. The van der Waals surface area contributed by atoms with Gasteiger partial charge in [0, 0.05) is 18.3 Å². The van der Waals surface area contributed by atoms with E-state index in [0.717, 1.165) is 27.0 Å². The smallest absolute Gasteiger partial charge is 0.336 e. The van der Waals surface area contributed by atoms with E-state index in [2.05, 4.69) is 5.32 Å². The third kappa shape index (κ3) is 4.37. The molecule has 2 heterocycles. The van der Waals surface area contributed by atoms with E-state index in [4.69, 9.17) is 23.2 Å². The van der Waals surface area contributed by atoms with Crippen molar-refractivity contribution in [2.45, 2.75) is 26.9 Å². The van der Waals surface area contributed by atoms with Crippen molar-refractivity contribution < 1.29 is 4.79 Å². The number of fused-ring (bicyclic) bond motifs is 1. The molecule has 4 rings (SSSR count). The zero-order valence-corrected chi connectivity index (χ0v) is 19.6. The number of benzene rings is 2. The summed E-state index contributed by atoms with van der Waals surface area (Å²) in [6.07, 6.45) is 1.48. The SMILES string of the molecule is Cc1ccc(CNC(=O)c2cn3c(=O)n(Cc4ccc(Cl)c(Cl)c4)c(=O)c(C)c3s2)cc1. The summed E-state index contributed by atoms with van der Waals surface area (Å²) in [5, 5.41) is 3.60. The van der Waals surface area contributed by atoms with Gasteiger partial charge < -0.3 is 5.32 Å². The molecule has 32 heavy (non-hydrogen) atoms. The van der Waals surface area contributed by atoms with Crippen LogP contribution in [0.25, 0.3) is 4.83 Å². The topological polar surface area (TPSA) is 72.6 Å². The number of aryl methyl sites for hydroxylation is 2. The fourth-order valence-corrected chi connectivity index (χ4v) is 4.63. The van der Waals surface area contributed by atoms with Gasteiger partial charge in [-0.05, 0) is 37.1 Å². The maximum absolute atomic E-state index is 13.0. The van der Waals surface area contributed by atoms with Crippen LogP contribution < -0.4 is 16.6 Å². The molecule has 0 fully saturated rings. The Kier molecular flexibility index (Phi) is 6.24. The van der Waals surface area contributed by atoms with Crippen LogP contribution in [0.1, 0.15) is 31.9 Å². The average molecular weight is 488 g/mol. The van der Waals surface area contributed by atoms with Gasteiger partial charge in [-0.25, -0.2) is 4.79 Å². The number of rotatable bonds is 5. The number of hydrogen-bond donors (Lipinski definition) is 1. The Morgan fingerprint density at radius 3 is 2.38 bits per heavy atom. The Morgan fingerprint density at radius 1 is 1.00 bits per heavy atom. The van der Waals surface area contributed by atoms with Gasteiger partial charge in [0.2, 0.25) is 0 Å². The van der Waals surface area contributed by atoms with E-state index >= 15 is 0 Å².